The molecule has 1 aliphatic heterocycles. The second-order valence-electron chi connectivity index (χ2n) is 7.29. The quantitative estimate of drug-likeness (QED) is 0.761. The lowest BCUT2D eigenvalue weighted by Gasteiger charge is -2.30. The molecule has 0 bridgehead atoms. The number of anilines is 3. The first-order valence-electron chi connectivity index (χ1n) is 9.62. The van der Waals surface area contributed by atoms with Crippen molar-refractivity contribution in [3.63, 3.8) is 0 Å². The first-order chi connectivity index (χ1) is 13.1. The van der Waals surface area contributed by atoms with E-state index in [4.69, 9.17) is 15.2 Å². The Balaban J connectivity index is 1.67. The Hall–Kier alpha value is -2.54. The zero-order valence-electron chi connectivity index (χ0n) is 15.9. The molecule has 1 saturated carbocycles. The number of ether oxygens (including phenoxy) is 2. The highest BCUT2D eigenvalue weighted by Gasteiger charge is 2.27. The number of hydrogen-bond acceptors (Lipinski definition) is 7. The molecule has 144 valence electrons. The summed E-state index contributed by atoms with van der Waals surface area (Å²) in [5, 5.41) is 6.40. The predicted octanol–water partition coefficient (Wildman–Crippen LogP) is 3.33. The molecule has 4 N–H and O–H groups in total. The van der Waals surface area contributed by atoms with Gasteiger partial charge in [-0.15, -0.1) is 0 Å². The third-order valence-corrected chi connectivity index (χ3v) is 5.25. The van der Waals surface area contributed by atoms with Crippen LogP contribution in [-0.2, 0) is 0 Å². The van der Waals surface area contributed by atoms with Crippen LogP contribution in [0.15, 0.2) is 18.2 Å². The lowest BCUT2D eigenvalue weighted by Crippen LogP contribution is -2.26. The van der Waals surface area contributed by atoms with Gasteiger partial charge in [0.25, 0.3) is 0 Å². The molecule has 0 atom stereocenters. The van der Waals surface area contributed by atoms with E-state index in [0.717, 1.165) is 54.4 Å². The Kier molecular flexibility index (Phi) is 5.03. The van der Waals surface area contributed by atoms with Gasteiger partial charge in [0.05, 0.1) is 0 Å². The summed E-state index contributed by atoms with van der Waals surface area (Å²) in [6, 6.07) is 6.35. The van der Waals surface area contributed by atoms with Crippen molar-refractivity contribution in [2.24, 2.45) is 5.73 Å². The Labute approximate surface area is 159 Å². The molecule has 27 heavy (non-hydrogen) atoms. The zero-order chi connectivity index (χ0) is 18.8. The minimum Gasteiger partial charge on any atom is -0.486 e. The van der Waals surface area contributed by atoms with Crippen LogP contribution in [0.1, 0.15) is 42.9 Å². The summed E-state index contributed by atoms with van der Waals surface area (Å²) in [5.41, 5.74) is 9.11. The van der Waals surface area contributed by atoms with Gasteiger partial charge in [-0.05, 0) is 44.6 Å². The van der Waals surface area contributed by atoms with Crippen molar-refractivity contribution in [2.75, 3.05) is 30.9 Å². The van der Waals surface area contributed by atoms with E-state index >= 15 is 0 Å². The number of aryl methyl sites for hydroxylation is 1. The topological polar surface area (TPSA) is 94.3 Å². The summed E-state index contributed by atoms with van der Waals surface area (Å²) < 4.78 is 11.9. The van der Waals surface area contributed by atoms with Crippen molar-refractivity contribution in [3.05, 3.63) is 29.5 Å². The molecule has 1 fully saturated rings. The normalized spacial score (nSPS) is 21.6. The number of rotatable bonds is 4. The molecular formula is C20H27N5O2. The van der Waals surface area contributed by atoms with Gasteiger partial charge < -0.3 is 25.8 Å². The van der Waals surface area contributed by atoms with E-state index in [1.807, 2.05) is 26.1 Å². The van der Waals surface area contributed by atoms with Crippen molar-refractivity contribution in [1.82, 2.24) is 9.97 Å². The fourth-order valence-corrected chi connectivity index (χ4v) is 3.87. The minimum atomic E-state index is 0.316. The highest BCUT2D eigenvalue weighted by Crippen LogP contribution is 2.45. The molecule has 0 amide bonds. The summed E-state index contributed by atoms with van der Waals surface area (Å²) in [4.78, 5) is 8.98. The van der Waals surface area contributed by atoms with Crippen LogP contribution in [0.5, 0.6) is 11.5 Å². The van der Waals surface area contributed by atoms with E-state index in [9.17, 15) is 0 Å². The highest BCUT2D eigenvalue weighted by molar-refractivity contribution is 5.64. The van der Waals surface area contributed by atoms with Gasteiger partial charge >= 0.3 is 0 Å². The fourth-order valence-electron chi connectivity index (χ4n) is 3.87. The van der Waals surface area contributed by atoms with Crippen LogP contribution in [0.2, 0.25) is 0 Å². The molecule has 2 heterocycles. The average molecular weight is 369 g/mol. The molecule has 1 aromatic carbocycles. The standard InChI is InChI=1S/C20H27N5O2/c1-12-9-18(22-2)25-20(23-12)24-15-10-16(13-3-5-14(21)6-4-13)19-17(11-15)26-7-8-27-19/h9-11,13-14H,3-8,21H2,1-2H3,(H2,22,23,24,25). The number of benzene rings is 1. The van der Waals surface area contributed by atoms with E-state index in [2.05, 4.69) is 26.7 Å². The highest BCUT2D eigenvalue weighted by atomic mass is 16.6. The summed E-state index contributed by atoms with van der Waals surface area (Å²) in [6.45, 7) is 3.11. The van der Waals surface area contributed by atoms with E-state index in [-0.39, 0.29) is 0 Å². The summed E-state index contributed by atoms with van der Waals surface area (Å²) in [5.74, 6) is 3.45. The monoisotopic (exact) mass is 369 g/mol. The first-order valence-corrected chi connectivity index (χ1v) is 9.62. The molecule has 2 aliphatic rings. The Morgan fingerprint density at radius 2 is 1.81 bits per heavy atom. The van der Waals surface area contributed by atoms with Crippen LogP contribution in [0.25, 0.3) is 0 Å². The second kappa shape index (κ2) is 7.60. The zero-order valence-corrected chi connectivity index (χ0v) is 15.9. The average Bonchev–Trinajstić information content (AvgIpc) is 2.67. The first kappa shape index (κ1) is 17.9. The van der Waals surface area contributed by atoms with Gasteiger partial charge in [0.2, 0.25) is 5.95 Å². The smallest absolute Gasteiger partial charge is 0.229 e. The molecule has 2 aromatic rings. The third kappa shape index (κ3) is 3.93. The summed E-state index contributed by atoms with van der Waals surface area (Å²) >= 11 is 0. The van der Waals surface area contributed by atoms with Crippen LogP contribution in [-0.4, -0.2) is 36.3 Å². The number of aromatic nitrogens is 2. The van der Waals surface area contributed by atoms with Gasteiger partial charge in [0.15, 0.2) is 11.5 Å². The van der Waals surface area contributed by atoms with Crippen molar-refractivity contribution in [1.29, 1.82) is 0 Å². The maximum Gasteiger partial charge on any atom is 0.229 e. The molecule has 1 aliphatic carbocycles. The molecule has 0 spiro atoms. The lowest BCUT2D eigenvalue weighted by atomic mass is 9.81. The number of nitrogens with two attached hydrogens (primary N) is 1. The minimum absolute atomic E-state index is 0.316. The number of hydrogen-bond donors (Lipinski definition) is 3. The molecular weight excluding hydrogens is 342 g/mol. The largest absolute Gasteiger partial charge is 0.486 e. The number of nitrogens with one attached hydrogen (secondary N) is 2. The van der Waals surface area contributed by atoms with Gasteiger partial charge in [-0.25, -0.2) is 4.98 Å². The van der Waals surface area contributed by atoms with Crippen LogP contribution in [0.4, 0.5) is 17.5 Å². The van der Waals surface area contributed by atoms with Gasteiger partial charge in [0.1, 0.15) is 19.0 Å². The van der Waals surface area contributed by atoms with E-state index < -0.39 is 0 Å². The lowest BCUT2D eigenvalue weighted by molar-refractivity contribution is 0.168. The Bertz CT molecular complexity index is 818. The molecule has 0 radical (unpaired) electrons. The van der Waals surface area contributed by atoms with Gasteiger partial charge in [-0.3, -0.25) is 0 Å². The number of nitrogens with zero attached hydrogens (tertiary/aromatic N) is 2. The van der Waals surface area contributed by atoms with Crippen molar-refractivity contribution in [2.45, 2.75) is 44.6 Å². The molecule has 0 saturated heterocycles. The van der Waals surface area contributed by atoms with Crippen molar-refractivity contribution >= 4 is 17.5 Å². The van der Waals surface area contributed by atoms with Crippen LogP contribution >= 0.6 is 0 Å². The van der Waals surface area contributed by atoms with Crippen LogP contribution in [0.3, 0.4) is 0 Å². The SMILES string of the molecule is CNc1cc(C)nc(Nc2cc3c(c(C4CCC(N)CC4)c2)OCCO3)n1. The Morgan fingerprint density at radius 3 is 2.59 bits per heavy atom. The molecule has 4 rings (SSSR count). The van der Waals surface area contributed by atoms with Crippen molar-refractivity contribution in [3.8, 4) is 11.5 Å². The molecule has 7 nitrogen and oxygen atoms in total. The fraction of sp³-hybridized carbons (Fsp3) is 0.500. The maximum atomic E-state index is 6.10. The van der Waals surface area contributed by atoms with Gasteiger partial charge in [0, 0.05) is 42.2 Å². The predicted molar refractivity (Wildman–Crippen MR) is 106 cm³/mol. The van der Waals surface area contributed by atoms with Crippen LogP contribution < -0.4 is 25.8 Å². The Morgan fingerprint density at radius 1 is 1.04 bits per heavy atom. The molecule has 1 aromatic heterocycles. The van der Waals surface area contributed by atoms with E-state index in [0.29, 0.717) is 31.1 Å². The van der Waals surface area contributed by atoms with Gasteiger partial charge in [-0.1, -0.05) is 0 Å². The third-order valence-electron chi connectivity index (χ3n) is 5.25. The molecule has 0 unspecified atom stereocenters. The summed E-state index contributed by atoms with van der Waals surface area (Å²) in [7, 11) is 1.85. The summed E-state index contributed by atoms with van der Waals surface area (Å²) in [6.07, 6.45) is 4.24. The number of fused-ring (bicyclic) bond motifs is 1. The van der Waals surface area contributed by atoms with E-state index in [1.54, 1.807) is 0 Å². The van der Waals surface area contributed by atoms with E-state index in [1.165, 1.54) is 5.56 Å². The van der Waals surface area contributed by atoms with Gasteiger partial charge in [-0.2, -0.15) is 4.98 Å². The van der Waals surface area contributed by atoms with Crippen LogP contribution in [0, 0.1) is 6.92 Å². The van der Waals surface area contributed by atoms with Crippen molar-refractivity contribution < 1.29 is 9.47 Å². The second-order valence-corrected chi connectivity index (χ2v) is 7.29. The maximum absolute atomic E-state index is 6.10. The molecule has 7 heteroatoms.